The summed E-state index contributed by atoms with van der Waals surface area (Å²) in [6.07, 6.45) is 4.97. The third-order valence-corrected chi connectivity index (χ3v) is 2.39. The Hall–Kier alpha value is -0.550. The van der Waals surface area contributed by atoms with Gasteiger partial charge in [-0.25, -0.2) is 0 Å². The van der Waals surface area contributed by atoms with Crippen LogP contribution in [0, 0.1) is 16.7 Å². The molecule has 0 atom stereocenters. The number of nitrogens with zero attached hydrogens (tertiary/aromatic N) is 1. The Balaban J connectivity index is 2.51. The van der Waals surface area contributed by atoms with Crippen molar-refractivity contribution in [3.63, 3.8) is 0 Å². The molecule has 0 aromatic rings. The number of hydrogen-bond donors (Lipinski definition) is 1. The number of nitriles is 1. The normalized spacial score (nSPS) is 22.4. The molecule has 1 aliphatic rings. The van der Waals surface area contributed by atoms with Crippen molar-refractivity contribution in [1.29, 1.82) is 5.26 Å². The molecule has 0 amide bonds. The first kappa shape index (κ1) is 7.56. The summed E-state index contributed by atoms with van der Waals surface area (Å²) in [5.41, 5.74) is -0.158. The van der Waals surface area contributed by atoms with Crippen molar-refractivity contribution in [3.05, 3.63) is 0 Å². The van der Waals surface area contributed by atoms with Gasteiger partial charge in [0.05, 0.1) is 11.5 Å². The lowest BCUT2D eigenvalue weighted by molar-refractivity contribution is 0.227. The first-order valence-electron chi connectivity index (χ1n) is 3.85. The molecule has 0 aliphatic heterocycles. The van der Waals surface area contributed by atoms with Crippen LogP contribution in [0.1, 0.15) is 32.1 Å². The van der Waals surface area contributed by atoms with Gasteiger partial charge in [-0.05, 0) is 19.3 Å². The first-order valence-corrected chi connectivity index (χ1v) is 3.85. The highest BCUT2D eigenvalue weighted by atomic mass is 16.3. The molecule has 0 radical (unpaired) electrons. The molecule has 1 aliphatic carbocycles. The van der Waals surface area contributed by atoms with Gasteiger partial charge in [0.1, 0.15) is 0 Å². The van der Waals surface area contributed by atoms with Gasteiger partial charge in [0, 0.05) is 6.61 Å². The summed E-state index contributed by atoms with van der Waals surface area (Å²) >= 11 is 0. The lowest BCUT2D eigenvalue weighted by Gasteiger charge is -2.17. The van der Waals surface area contributed by atoms with E-state index in [0.29, 0.717) is 6.42 Å². The van der Waals surface area contributed by atoms with Crippen molar-refractivity contribution >= 4 is 0 Å². The molecule has 1 N–H and O–H groups in total. The van der Waals surface area contributed by atoms with Gasteiger partial charge in [0.2, 0.25) is 0 Å². The highest BCUT2D eigenvalue weighted by Gasteiger charge is 2.32. The zero-order chi connectivity index (χ0) is 7.45. The standard InChI is InChI=1S/C8H13NO/c9-7-8(5-6-10)3-1-2-4-8/h10H,1-6H2. The maximum atomic E-state index is 8.79. The topological polar surface area (TPSA) is 44.0 Å². The molecule has 1 saturated carbocycles. The second-order valence-corrected chi connectivity index (χ2v) is 3.07. The summed E-state index contributed by atoms with van der Waals surface area (Å²) < 4.78 is 0. The van der Waals surface area contributed by atoms with Crippen LogP contribution in [0.2, 0.25) is 0 Å². The van der Waals surface area contributed by atoms with Gasteiger partial charge >= 0.3 is 0 Å². The van der Waals surface area contributed by atoms with Crippen molar-refractivity contribution in [3.8, 4) is 6.07 Å². The molecular formula is C8H13NO. The quantitative estimate of drug-likeness (QED) is 0.629. The second-order valence-electron chi connectivity index (χ2n) is 3.07. The number of aliphatic hydroxyl groups is 1. The Kier molecular flexibility index (Phi) is 2.29. The fourth-order valence-corrected chi connectivity index (χ4v) is 1.68. The van der Waals surface area contributed by atoms with Crippen molar-refractivity contribution in [2.75, 3.05) is 6.61 Å². The molecule has 56 valence electrons. The predicted molar refractivity (Wildman–Crippen MR) is 38.2 cm³/mol. The molecule has 0 aromatic carbocycles. The van der Waals surface area contributed by atoms with Crippen molar-refractivity contribution in [2.45, 2.75) is 32.1 Å². The van der Waals surface area contributed by atoms with Gasteiger partial charge in [-0.2, -0.15) is 5.26 Å². The molecule has 1 rings (SSSR count). The van der Waals surface area contributed by atoms with Gasteiger partial charge in [0.25, 0.3) is 0 Å². The molecule has 0 saturated heterocycles. The van der Waals surface area contributed by atoms with Crippen LogP contribution >= 0.6 is 0 Å². The van der Waals surface area contributed by atoms with E-state index in [1.807, 2.05) is 0 Å². The van der Waals surface area contributed by atoms with Crippen molar-refractivity contribution in [1.82, 2.24) is 0 Å². The van der Waals surface area contributed by atoms with Crippen LogP contribution in [0.5, 0.6) is 0 Å². The Morgan fingerprint density at radius 1 is 1.40 bits per heavy atom. The van der Waals surface area contributed by atoms with Crippen LogP contribution in [0.25, 0.3) is 0 Å². The number of rotatable bonds is 2. The zero-order valence-corrected chi connectivity index (χ0v) is 6.14. The van der Waals surface area contributed by atoms with E-state index in [1.54, 1.807) is 0 Å². The number of aliphatic hydroxyl groups excluding tert-OH is 1. The third-order valence-electron chi connectivity index (χ3n) is 2.39. The predicted octanol–water partition coefficient (Wildman–Crippen LogP) is 1.45. The smallest absolute Gasteiger partial charge is 0.0690 e. The van der Waals surface area contributed by atoms with Gasteiger partial charge in [-0.1, -0.05) is 12.8 Å². The van der Waals surface area contributed by atoms with Crippen LogP contribution in [0.3, 0.4) is 0 Å². The van der Waals surface area contributed by atoms with E-state index in [1.165, 1.54) is 0 Å². The fourth-order valence-electron chi connectivity index (χ4n) is 1.68. The van der Waals surface area contributed by atoms with Crippen molar-refractivity contribution < 1.29 is 5.11 Å². The summed E-state index contributed by atoms with van der Waals surface area (Å²) in [4.78, 5) is 0. The van der Waals surface area contributed by atoms with E-state index in [9.17, 15) is 0 Å². The molecule has 2 heteroatoms. The molecule has 2 nitrogen and oxygen atoms in total. The summed E-state index contributed by atoms with van der Waals surface area (Å²) in [6, 6.07) is 2.32. The summed E-state index contributed by atoms with van der Waals surface area (Å²) in [5.74, 6) is 0. The Morgan fingerprint density at radius 2 is 2.00 bits per heavy atom. The van der Waals surface area contributed by atoms with E-state index in [-0.39, 0.29) is 12.0 Å². The van der Waals surface area contributed by atoms with E-state index in [0.717, 1.165) is 25.7 Å². The fraction of sp³-hybridized carbons (Fsp3) is 0.875. The van der Waals surface area contributed by atoms with Gasteiger partial charge in [-0.3, -0.25) is 0 Å². The highest BCUT2D eigenvalue weighted by molar-refractivity contribution is 5.01. The number of hydrogen-bond acceptors (Lipinski definition) is 2. The summed E-state index contributed by atoms with van der Waals surface area (Å²) in [6.45, 7) is 0.160. The second kappa shape index (κ2) is 3.03. The van der Waals surface area contributed by atoms with E-state index >= 15 is 0 Å². The molecule has 0 bridgehead atoms. The molecule has 0 spiro atoms. The molecule has 0 unspecified atom stereocenters. The Bertz CT molecular complexity index is 142. The average molecular weight is 139 g/mol. The molecule has 10 heavy (non-hydrogen) atoms. The minimum absolute atomic E-state index is 0.158. The van der Waals surface area contributed by atoms with Crippen LogP contribution in [-0.4, -0.2) is 11.7 Å². The third kappa shape index (κ3) is 1.30. The Morgan fingerprint density at radius 3 is 2.40 bits per heavy atom. The molecule has 0 heterocycles. The van der Waals surface area contributed by atoms with E-state index in [2.05, 4.69) is 6.07 Å². The molecular weight excluding hydrogens is 126 g/mol. The van der Waals surface area contributed by atoms with Gasteiger partial charge in [0.15, 0.2) is 0 Å². The van der Waals surface area contributed by atoms with Crippen LogP contribution in [0.4, 0.5) is 0 Å². The van der Waals surface area contributed by atoms with Gasteiger partial charge in [-0.15, -0.1) is 0 Å². The maximum Gasteiger partial charge on any atom is 0.0690 e. The Labute approximate surface area is 61.5 Å². The van der Waals surface area contributed by atoms with E-state index in [4.69, 9.17) is 10.4 Å². The highest BCUT2D eigenvalue weighted by Crippen LogP contribution is 2.39. The minimum atomic E-state index is -0.158. The minimum Gasteiger partial charge on any atom is -0.396 e. The summed E-state index contributed by atoms with van der Waals surface area (Å²) in [5, 5.41) is 17.5. The first-order chi connectivity index (χ1) is 4.83. The maximum absolute atomic E-state index is 8.79. The van der Waals surface area contributed by atoms with E-state index < -0.39 is 0 Å². The van der Waals surface area contributed by atoms with Crippen molar-refractivity contribution in [2.24, 2.45) is 5.41 Å². The molecule has 1 fully saturated rings. The largest absolute Gasteiger partial charge is 0.396 e. The van der Waals surface area contributed by atoms with Crippen LogP contribution in [-0.2, 0) is 0 Å². The molecule has 0 aromatic heterocycles. The SMILES string of the molecule is N#CC1(CCO)CCCC1. The summed E-state index contributed by atoms with van der Waals surface area (Å²) in [7, 11) is 0. The van der Waals surface area contributed by atoms with Gasteiger partial charge < -0.3 is 5.11 Å². The lowest BCUT2D eigenvalue weighted by Crippen LogP contribution is -2.14. The monoisotopic (exact) mass is 139 g/mol. The van der Waals surface area contributed by atoms with Crippen LogP contribution < -0.4 is 0 Å². The zero-order valence-electron chi connectivity index (χ0n) is 6.14. The average Bonchev–Trinajstić information content (AvgIpc) is 2.39. The lowest BCUT2D eigenvalue weighted by atomic mass is 9.85. The van der Waals surface area contributed by atoms with Crippen LogP contribution in [0.15, 0.2) is 0 Å².